The van der Waals surface area contributed by atoms with Crippen molar-refractivity contribution in [2.75, 3.05) is 31.5 Å². The Morgan fingerprint density at radius 2 is 1.86 bits per heavy atom. The van der Waals surface area contributed by atoms with Gasteiger partial charge in [0.15, 0.2) is 5.11 Å². The lowest BCUT2D eigenvalue weighted by Crippen LogP contribution is -2.34. The summed E-state index contributed by atoms with van der Waals surface area (Å²) in [6.45, 7) is 7.57. The van der Waals surface area contributed by atoms with Crippen molar-refractivity contribution >= 4 is 52.2 Å². The van der Waals surface area contributed by atoms with Crippen molar-refractivity contribution in [1.29, 1.82) is 0 Å². The number of hydrogen-bond donors (Lipinski definition) is 3. The topological polar surface area (TPSA) is 73.5 Å². The summed E-state index contributed by atoms with van der Waals surface area (Å²) in [7, 11) is 0. The molecule has 2 rings (SSSR count). The van der Waals surface area contributed by atoms with Crippen molar-refractivity contribution in [2.45, 2.75) is 13.8 Å². The lowest BCUT2D eigenvalue weighted by Gasteiger charge is -2.18. The third-order valence-electron chi connectivity index (χ3n) is 4.19. The number of rotatable bonds is 9. The summed E-state index contributed by atoms with van der Waals surface area (Å²) < 4.78 is 0. The maximum absolute atomic E-state index is 12.2. The molecule has 0 aliphatic carbocycles. The van der Waals surface area contributed by atoms with E-state index in [0.29, 0.717) is 17.8 Å². The van der Waals surface area contributed by atoms with Crippen LogP contribution < -0.4 is 16.0 Å². The fourth-order valence-electron chi connectivity index (χ4n) is 2.53. The molecule has 1 aromatic heterocycles. The Kier molecular flexibility index (Phi) is 9.49. The van der Waals surface area contributed by atoms with Crippen LogP contribution in [-0.4, -0.2) is 48.0 Å². The number of nitrogens with zero attached hydrogens (tertiary/aromatic N) is 1. The van der Waals surface area contributed by atoms with Gasteiger partial charge >= 0.3 is 0 Å². The molecule has 29 heavy (non-hydrogen) atoms. The highest BCUT2D eigenvalue weighted by molar-refractivity contribution is 7.80. The van der Waals surface area contributed by atoms with Gasteiger partial charge in [-0.1, -0.05) is 19.9 Å². The van der Waals surface area contributed by atoms with Crippen LogP contribution in [0.4, 0.5) is 5.69 Å². The van der Waals surface area contributed by atoms with E-state index in [2.05, 4.69) is 34.7 Å². The van der Waals surface area contributed by atoms with Crippen LogP contribution in [0.3, 0.4) is 0 Å². The minimum absolute atomic E-state index is 0.113. The third kappa shape index (κ3) is 8.15. The first-order valence-corrected chi connectivity index (χ1v) is 10.7. The number of hydrogen-bond acceptors (Lipinski definition) is 5. The normalized spacial score (nSPS) is 10.9. The van der Waals surface area contributed by atoms with Crippen LogP contribution in [-0.2, 0) is 4.79 Å². The van der Waals surface area contributed by atoms with E-state index in [0.717, 1.165) is 24.5 Å². The second kappa shape index (κ2) is 12.1. The van der Waals surface area contributed by atoms with Crippen LogP contribution in [0.1, 0.15) is 29.1 Å². The Labute approximate surface area is 181 Å². The highest BCUT2D eigenvalue weighted by Gasteiger charge is 2.07. The summed E-state index contributed by atoms with van der Waals surface area (Å²) in [6, 6.07) is 10.8. The molecule has 0 fully saturated rings. The largest absolute Gasteiger partial charge is 0.351 e. The summed E-state index contributed by atoms with van der Waals surface area (Å²) in [5, 5.41) is 10.6. The predicted molar refractivity (Wildman–Crippen MR) is 124 cm³/mol. The number of benzene rings is 1. The molecule has 0 spiro atoms. The number of thiophene rings is 1. The molecule has 0 unspecified atom stereocenters. The van der Waals surface area contributed by atoms with E-state index in [4.69, 9.17) is 12.2 Å². The van der Waals surface area contributed by atoms with E-state index < -0.39 is 0 Å². The molecule has 8 heteroatoms. The molecular weight excluding hydrogens is 404 g/mol. The summed E-state index contributed by atoms with van der Waals surface area (Å²) in [5.41, 5.74) is 1.26. The van der Waals surface area contributed by atoms with E-state index in [9.17, 15) is 9.59 Å². The van der Waals surface area contributed by atoms with Crippen molar-refractivity contribution in [2.24, 2.45) is 0 Å². The molecule has 0 atom stereocenters. The van der Waals surface area contributed by atoms with E-state index in [-0.39, 0.29) is 16.9 Å². The zero-order valence-corrected chi connectivity index (χ0v) is 18.2. The van der Waals surface area contributed by atoms with Crippen molar-refractivity contribution in [3.8, 4) is 0 Å². The smallest absolute Gasteiger partial charge is 0.251 e. The minimum Gasteiger partial charge on any atom is -0.351 e. The number of likely N-dealkylation sites (N-methyl/N-ethyl adjacent to an activating group) is 1. The molecule has 0 aliphatic heterocycles. The van der Waals surface area contributed by atoms with E-state index in [1.54, 1.807) is 41.7 Å². The minimum atomic E-state index is -0.305. The summed E-state index contributed by atoms with van der Waals surface area (Å²) in [6.07, 6.45) is 3.17. The van der Waals surface area contributed by atoms with Crippen LogP contribution in [0.5, 0.6) is 0 Å². The Bertz CT molecular complexity index is 829. The van der Waals surface area contributed by atoms with Gasteiger partial charge < -0.3 is 15.5 Å². The zero-order chi connectivity index (χ0) is 21.1. The molecule has 0 bridgehead atoms. The van der Waals surface area contributed by atoms with Gasteiger partial charge in [0, 0.05) is 35.3 Å². The first-order chi connectivity index (χ1) is 14.0. The summed E-state index contributed by atoms with van der Waals surface area (Å²) >= 11 is 6.71. The van der Waals surface area contributed by atoms with Gasteiger partial charge in [-0.05, 0) is 67.1 Å². The SMILES string of the molecule is CCN(CC)CCNC(=O)c1ccc(NC(=S)NC(=O)/C=C/c2cccs2)cc1. The molecule has 2 aromatic rings. The summed E-state index contributed by atoms with van der Waals surface area (Å²) in [5.74, 6) is -0.418. The monoisotopic (exact) mass is 430 g/mol. The van der Waals surface area contributed by atoms with Gasteiger partial charge in [-0.3, -0.25) is 14.9 Å². The first-order valence-electron chi connectivity index (χ1n) is 9.46. The first kappa shape index (κ1) is 22.7. The van der Waals surface area contributed by atoms with Gasteiger partial charge in [-0.2, -0.15) is 0 Å². The van der Waals surface area contributed by atoms with Crippen LogP contribution >= 0.6 is 23.6 Å². The van der Waals surface area contributed by atoms with Crippen molar-refractivity contribution in [3.05, 3.63) is 58.3 Å². The molecule has 1 heterocycles. The van der Waals surface area contributed by atoms with E-state index in [1.807, 2.05) is 17.5 Å². The van der Waals surface area contributed by atoms with Gasteiger partial charge in [-0.15, -0.1) is 11.3 Å². The third-order valence-corrected chi connectivity index (χ3v) is 5.23. The van der Waals surface area contributed by atoms with Crippen molar-refractivity contribution in [1.82, 2.24) is 15.5 Å². The lowest BCUT2D eigenvalue weighted by molar-refractivity contribution is -0.115. The second-order valence-electron chi connectivity index (χ2n) is 6.15. The zero-order valence-electron chi connectivity index (χ0n) is 16.6. The molecule has 0 saturated heterocycles. The average Bonchev–Trinajstić information content (AvgIpc) is 3.23. The number of nitrogens with one attached hydrogen (secondary N) is 3. The fraction of sp³-hybridized carbons (Fsp3) is 0.286. The van der Waals surface area contributed by atoms with Gasteiger partial charge in [0.25, 0.3) is 5.91 Å². The Hall–Kier alpha value is -2.55. The molecule has 0 saturated carbocycles. The molecule has 0 radical (unpaired) electrons. The number of carbonyl (C=O) groups is 2. The number of amides is 2. The molecule has 154 valence electrons. The van der Waals surface area contributed by atoms with E-state index in [1.165, 1.54) is 6.08 Å². The van der Waals surface area contributed by atoms with Gasteiger partial charge in [0.2, 0.25) is 5.91 Å². The molecular formula is C21H26N4O2S2. The van der Waals surface area contributed by atoms with Gasteiger partial charge in [0.05, 0.1) is 0 Å². The fourth-order valence-corrected chi connectivity index (χ4v) is 3.37. The average molecular weight is 431 g/mol. The highest BCUT2D eigenvalue weighted by Crippen LogP contribution is 2.11. The number of carbonyl (C=O) groups excluding carboxylic acids is 2. The molecule has 1 aromatic carbocycles. The molecule has 0 aliphatic rings. The number of thiocarbonyl (C=S) groups is 1. The Morgan fingerprint density at radius 3 is 2.48 bits per heavy atom. The number of anilines is 1. The second-order valence-corrected chi connectivity index (χ2v) is 7.54. The van der Waals surface area contributed by atoms with E-state index >= 15 is 0 Å². The Balaban J connectivity index is 1.78. The molecule has 3 N–H and O–H groups in total. The molecule has 2 amide bonds. The maximum Gasteiger partial charge on any atom is 0.251 e. The maximum atomic E-state index is 12.2. The van der Waals surface area contributed by atoms with Crippen LogP contribution in [0, 0.1) is 0 Å². The predicted octanol–water partition coefficient (Wildman–Crippen LogP) is 3.35. The van der Waals surface area contributed by atoms with Crippen molar-refractivity contribution in [3.63, 3.8) is 0 Å². The Morgan fingerprint density at radius 1 is 1.14 bits per heavy atom. The highest BCUT2D eigenvalue weighted by atomic mass is 32.1. The molecule has 6 nitrogen and oxygen atoms in total. The summed E-state index contributed by atoms with van der Waals surface area (Å²) in [4.78, 5) is 27.3. The van der Waals surface area contributed by atoms with Crippen LogP contribution in [0.2, 0.25) is 0 Å². The van der Waals surface area contributed by atoms with Gasteiger partial charge in [0.1, 0.15) is 0 Å². The van der Waals surface area contributed by atoms with Gasteiger partial charge in [-0.25, -0.2) is 0 Å². The standard InChI is InChI=1S/C21H26N4O2S2/c1-3-25(4-2)14-13-22-20(27)16-7-9-17(10-8-16)23-21(28)24-19(26)12-11-18-6-5-15-29-18/h5-12,15H,3-4,13-14H2,1-2H3,(H,22,27)(H2,23,24,26,28)/b12-11+. The quantitative estimate of drug-likeness (QED) is 0.420. The van der Waals surface area contributed by atoms with Crippen molar-refractivity contribution < 1.29 is 9.59 Å². The lowest BCUT2D eigenvalue weighted by atomic mass is 10.2. The van der Waals surface area contributed by atoms with Crippen LogP contribution in [0.25, 0.3) is 6.08 Å². The van der Waals surface area contributed by atoms with Crippen LogP contribution in [0.15, 0.2) is 47.9 Å².